The molecule has 208 valence electrons. The zero-order valence-electron chi connectivity index (χ0n) is 23.1. The third kappa shape index (κ3) is 4.49. The first-order valence-corrected chi connectivity index (χ1v) is 12.8. The van der Waals surface area contributed by atoms with Gasteiger partial charge in [0.1, 0.15) is 17.9 Å². The number of anilines is 1. The number of pyridine rings is 1. The van der Waals surface area contributed by atoms with E-state index in [0.717, 1.165) is 10.8 Å². The van der Waals surface area contributed by atoms with Crippen LogP contribution in [-0.2, 0) is 35.6 Å². The van der Waals surface area contributed by atoms with Crippen molar-refractivity contribution in [2.75, 3.05) is 19.0 Å². The zero-order valence-corrected chi connectivity index (χ0v) is 23.1. The number of hydrogen-bond acceptors (Lipinski definition) is 9. The molecule has 0 aliphatic carbocycles. The fourth-order valence-electron chi connectivity index (χ4n) is 5.46. The highest BCUT2D eigenvalue weighted by molar-refractivity contribution is 6.06. The molecule has 3 aromatic carbocycles. The maximum Gasteiger partial charge on any atom is 0.325 e. The van der Waals surface area contributed by atoms with Gasteiger partial charge in [-0.3, -0.25) is 19.2 Å². The minimum Gasteiger partial charge on any atom is -0.483 e. The van der Waals surface area contributed by atoms with Crippen molar-refractivity contribution >= 4 is 56.2 Å². The molecule has 0 bridgehead atoms. The molecule has 0 amide bonds. The molecule has 0 saturated carbocycles. The third-order valence-corrected chi connectivity index (χ3v) is 7.19. The quantitative estimate of drug-likeness (QED) is 0.224. The van der Waals surface area contributed by atoms with Gasteiger partial charge < -0.3 is 28.8 Å². The summed E-state index contributed by atoms with van der Waals surface area (Å²) >= 11 is 0. The van der Waals surface area contributed by atoms with Crippen LogP contribution in [0, 0.1) is 0 Å². The predicted molar refractivity (Wildman–Crippen MR) is 149 cm³/mol. The lowest BCUT2D eigenvalue weighted by Crippen LogP contribution is -2.52. The zero-order chi connectivity index (χ0) is 28.9. The van der Waals surface area contributed by atoms with E-state index in [4.69, 9.17) is 18.9 Å². The molecule has 1 N–H and O–H groups in total. The second-order valence-electron chi connectivity index (χ2n) is 10.4. The van der Waals surface area contributed by atoms with Crippen LogP contribution in [0.15, 0.2) is 47.3 Å². The second kappa shape index (κ2) is 9.86. The van der Waals surface area contributed by atoms with Gasteiger partial charge in [0.25, 0.3) is 0 Å². The Hall–Kier alpha value is -4.60. The van der Waals surface area contributed by atoms with Gasteiger partial charge in [-0.1, -0.05) is 24.3 Å². The van der Waals surface area contributed by atoms with Crippen molar-refractivity contribution < 1.29 is 33.3 Å². The Bertz CT molecular complexity index is 1770. The minimum absolute atomic E-state index is 0.198. The molecule has 4 aromatic rings. The average Bonchev–Trinajstić information content (AvgIpc) is 2.90. The molecule has 1 aliphatic rings. The molecule has 1 aliphatic heterocycles. The summed E-state index contributed by atoms with van der Waals surface area (Å²) in [6.45, 7) is 5.77. The number of esters is 3. The summed E-state index contributed by atoms with van der Waals surface area (Å²) in [5, 5.41) is 5.58. The lowest BCUT2D eigenvalue weighted by Gasteiger charge is -2.43. The van der Waals surface area contributed by atoms with Crippen molar-refractivity contribution in [2.24, 2.45) is 7.05 Å². The van der Waals surface area contributed by atoms with Crippen LogP contribution in [0.3, 0.4) is 0 Å². The van der Waals surface area contributed by atoms with Gasteiger partial charge in [0, 0.05) is 32.3 Å². The predicted octanol–water partition coefficient (Wildman–Crippen LogP) is 4.14. The lowest BCUT2D eigenvalue weighted by molar-refractivity contribution is -0.187. The van der Waals surface area contributed by atoms with E-state index in [9.17, 15) is 19.2 Å². The molecule has 40 heavy (non-hydrogen) atoms. The van der Waals surface area contributed by atoms with Crippen LogP contribution in [-0.4, -0.2) is 47.8 Å². The van der Waals surface area contributed by atoms with Crippen molar-refractivity contribution in [1.82, 2.24) is 4.57 Å². The van der Waals surface area contributed by atoms with Gasteiger partial charge in [-0.05, 0) is 36.8 Å². The Morgan fingerprint density at radius 2 is 1.68 bits per heavy atom. The number of carbonyl (C=O) groups is 3. The Labute approximate surface area is 229 Å². The summed E-state index contributed by atoms with van der Waals surface area (Å²) in [6.07, 6.45) is -2.10. The summed E-state index contributed by atoms with van der Waals surface area (Å²) in [5.74, 6) is -1.38. The number of benzene rings is 3. The third-order valence-electron chi connectivity index (χ3n) is 7.19. The number of carbonyl (C=O) groups excluding carboxylic acids is 3. The Kier molecular flexibility index (Phi) is 6.65. The Morgan fingerprint density at radius 1 is 1.02 bits per heavy atom. The highest BCUT2D eigenvalue weighted by Crippen LogP contribution is 2.48. The maximum absolute atomic E-state index is 14.2. The van der Waals surface area contributed by atoms with E-state index in [1.807, 2.05) is 41.0 Å². The molecule has 2 unspecified atom stereocenters. The molecular weight excluding hydrogens is 516 g/mol. The summed E-state index contributed by atoms with van der Waals surface area (Å²) in [4.78, 5) is 50.7. The summed E-state index contributed by atoms with van der Waals surface area (Å²) in [7, 11) is 3.08. The molecule has 10 nitrogen and oxygen atoms in total. The van der Waals surface area contributed by atoms with E-state index in [2.05, 4.69) is 5.32 Å². The van der Waals surface area contributed by atoms with Crippen molar-refractivity contribution in [2.45, 2.75) is 45.5 Å². The summed E-state index contributed by atoms with van der Waals surface area (Å²) in [5.41, 5.74) is 0.375. The first kappa shape index (κ1) is 27.0. The number of aryl methyl sites for hydroxylation is 1. The topological polar surface area (TPSA) is 122 Å². The van der Waals surface area contributed by atoms with Gasteiger partial charge in [0.15, 0.2) is 17.6 Å². The number of methoxy groups -OCH3 is 1. The lowest BCUT2D eigenvalue weighted by atomic mass is 9.86. The number of hydrogen-bond donors (Lipinski definition) is 1. The molecular formula is C30H30N2O8. The van der Waals surface area contributed by atoms with Gasteiger partial charge >= 0.3 is 17.9 Å². The minimum atomic E-state index is -1.11. The van der Waals surface area contributed by atoms with E-state index in [-0.39, 0.29) is 17.4 Å². The van der Waals surface area contributed by atoms with Crippen LogP contribution in [0.25, 0.3) is 32.6 Å². The fraction of sp³-hybridized carbons (Fsp3) is 0.333. The molecule has 1 aromatic heterocycles. The molecule has 5 rings (SSSR count). The van der Waals surface area contributed by atoms with Gasteiger partial charge in [0.2, 0.25) is 0 Å². The van der Waals surface area contributed by atoms with Crippen LogP contribution in [0.4, 0.5) is 5.69 Å². The average molecular weight is 547 g/mol. The van der Waals surface area contributed by atoms with Gasteiger partial charge in [-0.15, -0.1) is 0 Å². The van der Waals surface area contributed by atoms with Crippen molar-refractivity contribution in [3.8, 4) is 5.75 Å². The number of rotatable bonds is 5. The Balaban J connectivity index is 1.93. The van der Waals surface area contributed by atoms with Crippen molar-refractivity contribution in [1.29, 1.82) is 0 Å². The van der Waals surface area contributed by atoms with Gasteiger partial charge in [0.05, 0.1) is 34.8 Å². The van der Waals surface area contributed by atoms with Crippen LogP contribution in [0.5, 0.6) is 5.75 Å². The van der Waals surface area contributed by atoms with Crippen LogP contribution in [0.2, 0.25) is 0 Å². The molecule has 0 saturated heterocycles. The molecule has 10 heteroatoms. The van der Waals surface area contributed by atoms with E-state index >= 15 is 0 Å². The van der Waals surface area contributed by atoms with Crippen LogP contribution in [0.1, 0.15) is 39.4 Å². The monoisotopic (exact) mass is 546 g/mol. The summed E-state index contributed by atoms with van der Waals surface area (Å²) in [6, 6.07) is 13.1. The first-order valence-electron chi connectivity index (χ1n) is 12.8. The highest BCUT2D eigenvalue weighted by atomic mass is 16.6. The highest BCUT2D eigenvalue weighted by Gasteiger charge is 2.50. The first-order chi connectivity index (χ1) is 18.9. The van der Waals surface area contributed by atoms with Crippen molar-refractivity contribution in [3.05, 3.63) is 58.3 Å². The SMILES string of the molecule is COC(=O)CNc1cc2c(c3c1c(=O)c1cc4ccccc4cc1n3C)C(OC(C)=O)C(OC(C)=O)C(C)(C)O2. The molecule has 2 atom stereocenters. The van der Waals surface area contributed by atoms with Crippen LogP contribution >= 0.6 is 0 Å². The number of fused-ring (bicyclic) bond motifs is 5. The van der Waals surface area contributed by atoms with Crippen LogP contribution < -0.4 is 15.5 Å². The fourth-order valence-corrected chi connectivity index (χ4v) is 5.46. The standard InChI is InChI=1S/C30H30N2O8/c1-15(33)38-28-25-22(40-30(3,4)29(28)39-16(2)34)13-20(31-14-23(35)37-6)24-26(25)32(5)21-12-18-10-8-7-9-17(18)11-19(21)27(24)36/h7-13,28-29,31H,14H2,1-6H3. The largest absolute Gasteiger partial charge is 0.483 e. The normalized spacial score (nSPS) is 17.6. The van der Waals surface area contributed by atoms with Gasteiger partial charge in [-0.25, -0.2) is 0 Å². The Morgan fingerprint density at radius 3 is 2.30 bits per heavy atom. The number of aromatic nitrogens is 1. The number of nitrogens with one attached hydrogen (secondary N) is 1. The number of nitrogens with zero attached hydrogens (tertiary/aromatic N) is 1. The summed E-state index contributed by atoms with van der Waals surface area (Å²) < 4.78 is 24.5. The molecule has 0 radical (unpaired) electrons. The van der Waals surface area contributed by atoms with Gasteiger partial charge in [-0.2, -0.15) is 0 Å². The maximum atomic E-state index is 14.2. The van der Waals surface area contributed by atoms with E-state index in [0.29, 0.717) is 33.4 Å². The van der Waals surface area contributed by atoms with Crippen molar-refractivity contribution in [3.63, 3.8) is 0 Å². The smallest absolute Gasteiger partial charge is 0.325 e. The van der Waals surface area contributed by atoms with E-state index in [1.54, 1.807) is 27.0 Å². The molecule has 2 heterocycles. The van der Waals surface area contributed by atoms with E-state index in [1.165, 1.54) is 21.0 Å². The number of ether oxygens (including phenoxy) is 4. The van der Waals surface area contributed by atoms with E-state index < -0.39 is 35.7 Å². The molecule has 0 fully saturated rings. The second-order valence-corrected chi connectivity index (χ2v) is 10.4. The molecule has 0 spiro atoms.